The Bertz CT molecular complexity index is 1250. The first kappa shape index (κ1) is 27.9. The van der Waals surface area contributed by atoms with Crippen LogP contribution in [0.4, 0.5) is 26.3 Å². The third-order valence-corrected chi connectivity index (χ3v) is 8.54. The minimum atomic E-state index is -6.38. The minimum Gasteiger partial charge on any atom is -0.462 e. The Balaban J connectivity index is 1.60. The number of carbonyl (C=O) groups is 3. The Morgan fingerprint density at radius 1 is 1.14 bits per heavy atom. The van der Waals surface area contributed by atoms with E-state index in [-0.39, 0.29) is 27.3 Å². The average molecular weight is 671 g/mol. The maximum atomic E-state index is 13.5. The molecular weight excluding hydrogens is 655 g/mol. The molecule has 17 heteroatoms. The van der Waals surface area contributed by atoms with Crippen LogP contribution in [-0.4, -0.2) is 60.6 Å². The van der Waals surface area contributed by atoms with E-state index in [0.717, 1.165) is 12.1 Å². The van der Waals surface area contributed by atoms with E-state index in [1.165, 1.54) is 0 Å². The number of fused-ring (bicyclic) bond motifs is 1. The maximum Gasteiger partial charge on any atom is 0.421 e. The summed E-state index contributed by atoms with van der Waals surface area (Å²) in [6.45, 7) is 0. The number of alkyl halides is 6. The molecule has 2 saturated carbocycles. The lowest BCUT2D eigenvalue weighted by molar-refractivity contribution is -0.296. The molecule has 2 N–H and O–H groups in total. The Morgan fingerprint density at radius 2 is 1.76 bits per heavy atom. The zero-order valence-corrected chi connectivity index (χ0v) is 21.1. The fourth-order valence-corrected chi connectivity index (χ4v) is 6.66. The van der Waals surface area contributed by atoms with Gasteiger partial charge in [-0.2, -0.15) is 34.8 Å². The molecule has 1 aromatic rings. The molecule has 2 bridgehead atoms. The number of nitrogens with one attached hydrogen (secondary N) is 1. The van der Waals surface area contributed by atoms with Crippen molar-refractivity contribution in [2.75, 3.05) is 5.75 Å². The smallest absolute Gasteiger partial charge is 0.421 e. The van der Waals surface area contributed by atoms with Crippen molar-refractivity contribution >= 4 is 50.6 Å². The minimum absolute atomic E-state index is 0.146. The Labute approximate surface area is 218 Å². The van der Waals surface area contributed by atoms with Gasteiger partial charge < -0.3 is 14.8 Å². The monoisotopic (exact) mass is 671 g/mol. The van der Waals surface area contributed by atoms with Gasteiger partial charge in [-0.25, -0.2) is 0 Å². The zero-order chi connectivity index (χ0) is 27.7. The quantitative estimate of drug-likeness (QED) is 0.155. The van der Waals surface area contributed by atoms with E-state index < -0.39 is 69.0 Å². The normalized spacial score (nSPS) is 27.2. The Morgan fingerprint density at radius 3 is 2.32 bits per heavy atom. The van der Waals surface area contributed by atoms with E-state index in [1.54, 1.807) is 22.6 Å². The van der Waals surface area contributed by atoms with Gasteiger partial charge in [0.15, 0.2) is 0 Å². The van der Waals surface area contributed by atoms with Crippen LogP contribution < -0.4 is 10.1 Å². The number of halogens is 7. The average Bonchev–Trinajstić information content (AvgIpc) is 3.34. The molecule has 5 unspecified atom stereocenters. The van der Waals surface area contributed by atoms with E-state index in [1.807, 2.05) is 0 Å². The topological polar surface area (TPSA) is 136 Å². The lowest BCUT2D eigenvalue weighted by Gasteiger charge is -2.36. The molecule has 1 heterocycles. The highest BCUT2D eigenvalue weighted by molar-refractivity contribution is 14.1. The van der Waals surface area contributed by atoms with Crippen molar-refractivity contribution in [3.05, 3.63) is 27.3 Å². The van der Waals surface area contributed by atoms with Gasteiger partial charge in [0, 0.05) is 11.5 Å². The molecule has 1 saturated heterocycles. The van der Waals surface area contributed by atoms with Crippen LogP contribution >= 0.6 is 22.6 Å². The number of carbonyl (C=O) groups excluding carboxylic acids is 3. The van der Waals surface area contributed by atoms with Crippen LogP contribution in [-0.2, 0) is 24.4 Å². The molecule has 2 aliphatic carbocycles. The van der Waals surface area contributed by atoms with Crippen LogP contribution in [0.5, 0.6) is 5.75 Å². The highest BCUT2D eigenvalue weighted by Gasteiger charge is 2.73. The van der Waals surface area contributed by atoms with Crippen LogP contribution in [0.15, 0.2) is 18.2 Å². The summed E-state index contributed by atoms with van der Waals surface area (Å²) in [5.41, 5.74) is -6.17. The largest absolute Gasteiger partial charge is 0.462 e. The molecule has 0 radical (unpaired) electrons. The first-order chi connectivity index (χ1) is 16.8. The van der Waals surface area contributed by atoms with Crippen LogP contribution in [0.2, 0.25) is 0 Å². The number of hydrogen-bond donors (Lipinski definition) is 2. The molecule has 1 aromatic carbocycles. The Kier molecular flexibility index (Phi) is 6.75. The van der Waals surface area contributed by atoms with Gasteiger partial charge in [-0.15, -0.1) is 0 Å². The van der Waals surface area contributed by atoms with E-state index in [0.29, 0.717) is 24.2 Å². The molecule has 3 fully saturated rings. The molecule has 37 heavy (non-hydrogen) atoms. The standard InChI is InChI=1S/C20H16F6INO8S/c21-19(22,23)18(20(24,25)26,6-37(32,33)34)28-15(29)7-1-2-10(27)12(4-7)36-16(30)13-8-3-9-11(5-8)35-17(31)14(9)13/h1-2,4,8-9,11,13-14H,3,5-6H2,(H,28,29)(H,32,33,34). The number of benzene rings is 1. The number of ether oxygens (including phenoxy) is 2. The first-order valence-electron chi connectivity index (χ1n) is 10.5. The van der Waals surface area contributed by atoms with Gasteiger partial charge in [-0.1, -0.05) is 0 Å². The summed E-state index contributed by atoms with van der Waals surface area (Å²) >= 11 is 1.65. The van der Waals surface area contributed by atoms with Crippen molar-refractivity contribution < 1.29 is 63.2 Å². The van der Waals surface area contributed by atoms with Crippen LogP contribution in [0.25, 0.3) is 0 Å². The fourth-order valence-electron chi connectivity index (χ4n) is 5.27. The summed E-state index contributed by atoms with van der Waals surface area (Å²) in [6, 6.07) is 2.61. The van der Waals surface area contributed by atoms with Gasteiger partial charge >= 0.3 is 24.3 Å². The molecule has 9 nitrogen and oxygen atoms in total. The van der Waals surface area contributed by atoms with Gasteiger partial charge in [0.1, 0.15) is 17.6 Å². The summed E-state index contributed by atoms with van der Waals surface area (Å²) in [5, 5.41) is 0.656. The third kappa shape index (κ3) is 4.88. The molecule has 0 spiro atoms. The van der Waals surface area contributed by atoms with E-state index >= 15 is 0 Å². The SMILES string of the molecule is O=C(NC(CS(=O)(=O)O)(C(F)(F)F)C(F)(F)F)c1ccc(I)c(OC(=O)C2C3CC4OC(=O)C2C4C3)c1. The van der Waals surface area contributed by atoms with Gasteiger partial charge in [0.25, 0.3) is 16.0 Å². The van der Waals surface area contributed by atoms with Gasteiger partial charge in [-0.3, -0.25) is 18.9 Å². The molecule has 3 aliphatic rings. The third-order valence-electron chi connectivity index (χ3n) is 6.85. The number of esters is 2. The van der Waals surface area contributed by atoms with Crippen molar-refractivity contribution in [3.8, 4) is 5.75 Å². The van der Waals surface area contributed by atoms with Crippen LogP contribution in [0, 0.1) is 27.2 Å². The van der Waals surface area contributed by atoms with Crippen molar-refractivity contribution in [2.24, 2.45) is 23.7 Å². The molecule has 204 valence electrons. The number of rotatable bonds is 6. The number of hydrogen-bond acceptors (Lipinski definition) is 7. The predicted molar refractivity (Wildman–Crippen MR) is 117 cm³/mol. The van der Waals surface area contributed by atoms with Crippen LogP contribution in [0.1, 0.15) is 23.2 Å². The molecule has 1 amide bonds. The molecule has 4 rings (SSSR count). The molecule has 5 atom stereocenters. The molecule has 0 aromatic heterocycles. The van der Waals surface area contributed by atoms with E-state index in [2.05, 4.69) is 0 Å². The second-order valence-corrected chi connectivity index (χ2v) is 11.7. The summed E-state index contributed by atoms with van der Waals surface area (Å²) < 4.78 is 123. The molecule has 1 aliphatic heterocycles. The summed E-state index contributed by atoms with van der Waals surface area (Å²) in [5.74, 6) is -8.64. The van der Waals surface area contributed by atoms with E-state index in [4.69, 9.17) is 14.0 Å². The van der Waals surface area contributed by atoms with Crippen LogP contribution in [0.3, 0.4) is 0 Å². The predicted octanol–water partition coefficient (Wildman–Crippen LogP) is 2.88. The first-order valence-corrected chi connectivity index (χ1v) is 13.2. The van der Waals surface area contributed by atoms with Crippen molar-refractivity contribution in [2.45, 2.75) is 36.8 Å². The summed E-state index contributed by atoms with van der Waals surface area (Å²) in [7, 11) is -5.89. The Hall–Kier alpha value is -2.15. The zero-order valence-electron chi connectivity index (χ0n) is 18.1. The lowest BCUT2D eigenvalue weighted by atomic mass is 9.80. The van der Waals surface area contributed by atoms with Crippen molar-refractivity contribution in [3.63, 3.8) is 0 Å². The summed E-state index contributed by atoms with van der Waals surface area (Å²) in [6.07, 6.45) is -12.0. The van der Waals surface area contributed by atoms with Gasteiger partial charge in [0.2, 0.25) is 5.54 Å². The summed E-state index contributed by atoms with van der Waals surface area (Å²) in [4.78, 5) is 37.5. The maximum absolute atomic E-state index is 13.5. The van der Waals surface area contributed by atoms with Crippen molar-refractivity contribution in [1.82, 2.24) is 5.32 Å². The fraction of sp³-hybridized carbons (Fsp3) is 0.550. The lowest BCUT2D eigenvalue weighted by Crippen LogP contribution is -2.70. The number of amides is 1. The van der Waals surface area contributed by atoms with Gasteiger partial charge in [0.05, 0.1) is 15.4 Å². The second-order valence-electron chi connectivity index (χ2n) is 9.07. The molecular formula is C20H16F6INO8S. The van der Waals surface area contributed by atoms with Gasteiger partial charge in [-0.05, 0) is 59.5 Å². The highest BCUT2D eigenvalue weighted by atomic mass is 127. The van der Waals surface area contributed by atoms with E-state index in [9.17, 15) is 49.1 Å². The second kappa shape index (κ2) is 8.96. The highest BCUT2D eigenvalue weighted by Crippen LogP contribution is 2.58. The van der Waals surface area contributed by atoms with Crippen molar-refractivity contribution in [1.29, 1.82) is 0 Å².